The van der Waals surface area contributed by atoms with Gasteiger partial charge in [0.1, 0.15) is 5.75 Å². The topological polar surface area (TPSA) is 21.3 Å². The molecule has 0 atom stereocenters. The molecule has 0 bridgehead atoms. The van der Waals surface area contributed by atoms with Crippen LogP contribution in [-0.4, -0.2) is 7.11 Å². The normalized spacial score (nSPS) is 11.3. The van der Waals surface area contributed by atoms with Crippen LogP contribution in [0.3, 0.4) is 0 Å². The second-order valence-electron chi connectivity index (χ2n) is 6.07. The quantitative estimate of drug-likeness (QED) is 0.832. The largest absolute Gasteiger partial charge is 0.496 e. The molecule has 0 amide bonds. The maximum Gasteiger partial charge on any atom is 0.125 e. The summed E-state index contributed by atoms with van der Waals surface area (Å²) in [5.74, 6) is 0.809. The minimum atomic E-state index is 0.0914. The third-order valence-corrected chi connectivity index (χ3v) is 3.84. The monoisotopic (exact) mass is 303 g/mol. The molecule has 0 aliphatic carbocycles. The van der Waals surface area contributed by atoms with Gasteiger partial charge in [0.15, 0.2) is 0 Å². The predicted molar refractivity (Wildman–Crippen MR) is 90.5 cm³/mol. The number of halogens is 1. The summed E-state index contributed by atoms with van der Waals surface area (Å²) in [5.41, 5.74) is 3.49. The van der Waals surface area contributed by atoms with Gasteiger partial charge in [0.2, 0.25) is 0 Å². The standard InChI is InChI=1S/C18H22ClNO/c1-18(2,3)14-8-5-6-10-16(14)20-12-13-15(19)9-7-11-17(13)21-4/h5-11,20H,12H2,1-4H3. The number of methoxy groups -OCH3 is 1. The molecule has 0 radical (unpaired) electrons. The van der Waals surface area contributed by atoms with Crippen LogP contribution < -0.4 is 10.1 Å². The van der Waals surface area contributed by atoms with Gasteiger partial charge in [-0.05, 0) is 29.2 Å². The van der Waals surface area contributed by atoms with Crippen LogP contribution in [-0.2, 0) is 12.0 Å². The van der Waals surface area contributed by atoms with E-state index in [-0.39, 0.29) is 5.41 Å². The van der Waals surface area contributed by atoms with Gasteiger partial charge in [0.25, 0.3) is 0 Å². The molecule has 0 saturated heterocycles. The predicted octanol–water partition coefficient (Wildman–Crippen LogP) is 5.26. The molecule has 0 aliphatic heterocycles. The molecular formula is C18H22ClNO. The van der Waals surface area contributed by atoms with Crippen molar-refractivity contribution in [3.63, 3.8) is 0 Å². The first kappa shape index (κ1) is 15.7. The van der Waals surface area contributed by atoms with Crippen LogP contribution in [0.5, 0.6) is 5.75 Å². The first-order valence-electron chi connectivity index (χ1n) is 7.08. The molecule has 2 nitrogen and oxygen atoms in total. The molecule has 2 rings (SSSR count). The Morgan fingerprint density at radius 2 is 1.76 bits per heavy atom. The van der Waals surface area contributed by atoms with Crippen LogP contribution in [0.2, 0.25) is 5.02 Å². The van der Waals surface area contributed by atoms with Crippen molar-refractivity contribution >= 4 is 17.3 Å². The van der Waals surface area contributed by atoms with Gasteiger partial charge in [-0.1, -0.05) is 56.6 Å². The minimum absolute atomic E-state index is 0.0914. The number of hydrogen-bond acceptors (Lipinski definition) is 2. The lowest BCUT2D eigenvalue weighted by Gasteiger charge is -2.23. The van der Waals surface area contributed by atoms with E-state index in [2.05, 4.69) is 44.3 Å². The van der Waals surface area contributed by atoms with E-state index in [4.69, 9.17) is 16.3 Å². The van der Waals surface area contributed by atoms with E-state index >= 15 is 0 Å². The summed E-state index contributed by atoms with van der Waals surface area (Å²) in [6.07, 6.45) is 0. The zero-order valence-corrected chi connectivity index (χ0v) is 13.8. The van der Waals surface area contributed by atoms with E-state index in [1.807, 2.05) is 24.3 Å². The second-order valence-corrected chi connectivity index (χ2v) is 6.48. The molecule has 0 spiro atoms. The first-order valence-corrected chi connectivity index (χ1v) is 7.46. The van der Waals surface area contributed by atoms with Crippen molar-refractivity contribution in [3.8, 4) is 5.75 Å². The number of para-hydroxylation sites is 1. The number of anilines is 1. The molecule has 1 N–H and O–H groups in total. The fourth-order valence-electron chi connectivity index (χ4n) is 2.38. The summed E-state index contributed by atoms with van der Waals surface area (Å²) < 4.78 is 5.39. The van der Waals surface area contributed by atoms with E-state index < -0.39 is 0 Å². The molecule has 0 heterocycles. The Morgan fingerprint density at radius 3 is 2.43 bits per heavy atom. The van der Waals surface area contributed by atoms with Gasteiger partial charge in [-0.15, -0.1) is 0 Å². The Morgan fingerprint density at radius 1 is 1.05 bits per heavy atom. The number of rotatable bonds is 4. The lowest BCUT2D eigenvalue weighted by atomic mass is 9.86. The van der Waals surface area contributed by atoms with E-state index in [1.165, 1.54) is 5.56 Å². The number of benzene rings is 2. The molecule has 0 fully saturated rings. The van der Waals surface area contributed by atoms with Crippen molar-refractivity contribution in [2.75, 3.05) is 12.4 Å². The average molecular weight is 304 g/mol. The molecule has 112 valence electrons. The lowest BCUT2D eigenvalue weighted by Crippen LogP contribution is -2.15. The number of hydrogen-bond donors (Lipinski definition) is 1. The molecule has 0 aliphatic rings. The zero-order chi connectivity index (χ0) is 15.5. The van der Waals surface area contributed by atoms with Crippen molar-refractivity contribution in [1.29, 1.82) is 0 Å². The highest BCUT2D eigenvalue weighted by Crippen LogP contribution is 2.31. The van der Waals surface area contributed by atoms with Crippen molar-refractivity contribution in [1.82, 2.24) is 0 Å². The second kappa shape index (κ2) is 6.40. The van der Waals surface area contributed by atoms with Gasteiger partial charge >= 0.3 is 0 Å². The highest BCUT2D eigenvalue weighted by Gasteiger charge is 2.17. The highest BCUT2D eigenvalue weighted by atomic mass is 35.5. The summed E-state index contributed by atoms with van der Waals surface area (Å²) in [6.45, 7) is 7.27. The van der Waals surface area contributed by atoms with Crippen LogP contribution in [0, 0.1) is 0 Å². The van der Waals surface area contributed by atoms with E-state index in [0.29, 0.717) is 6.54 Å². The fourth-order valence-corrected chi connectivity index (χ4v) is 2.61. The van der Waals surface area contributed by atoms with Crippen LogP contribution in [0.1, 0.15) is 31.9 Å². The fraction of sp³-hybridized carbons (Fsp3) is 0.333. The summed E-state index contributed by atoms with van der Waals surface area (Å²) >= 11 is 6.28. The lowest BCUT2D eigenvalue weighted by molar-refractivity contribution is 0.410. The number of ether oxygens (including phenoxy) is 1. The van der Waals surface area contributed by atoms with Crippen molar-refractivity contribution in [2.24, 2.45) is 0 Å². The summed E-state index contributed by atoms with van der Waals surface area (Å²) in [4.78, 5) is 0. The van der Waals surface area contributed by atoms with Gasteiger partial charge in [-0.25, -0.2) is 0 Å². The molecular weight excluding hydrogens is 282 g/mol. The molecule has 21 heavy (non-hydrogen) atoms. The Balaban J connectivity index is 2.26. The Bertz CT molecular complexity index is 617. The van der Waals surface area contributed by atoms with Crippen molar-refractivity contribution in [3.05, 3.63) is 58.6 Å². The average Bonchev–Trinajstić information content (AvgIpc) is 2.45. The highest BCUT2D eigenvalue weighted by molar-refractivity contribution is 6.31. The Labute approximate surface area is 132 Å². The summed E-state index contributed by atoms with van der Waals surface area (Å²) in [5, 5.41) is 4.20. The maximum absolute atomic E-state index is 6.28. The Kier molecular flexibility index (Phi) is 4.79. The molecule has 3 heteroatoms. The van der Waals surface area contributed by atoms with Gasteiger partial charge < -0.3 is 10.1 Å². The summed E-state index contributed by atoms with van der Waals surface area (Å²) in [6, 6.07) is 14.1. The molecule has 2 aromatic carbocycles. The summed E-state index contributed by atoms with van der Waals surface area (Å²) in [7, 11) is 1.66. The van der Waals surface area contributed by atoms with Gasteiger partial charge in [0, 0.05) is 22.8 Å². The third kappa shape index (κ3) is 3.70. The maximum atomic E-state index is 6.28. The van der Waals surface area contributed by atoms with Gasteiger partial charge in [-0.2, -0.15) is 0 Å². The van der Waals surface area contributed by atoms with Crippen LogP contribution in [0.15, 0.2) is 42.5 Å². The van der Waals surface area contributed by atoms with Gasteiger partial charge in [0.05, 0.1) is 7.11 Å². The van der Waals surface area contributed by atoms with E-state index in [0.717, 1.165) is 22.0 Å². The van der Waals surface area contributed by atoms with E-state index in [9.17, 15) is 0 Å². The van der Waals surface area contributed by atoms with Crippen molar-refractivity contribution in [2.45, 2.75) is 32.7 Å². The van der Waals surface area contributed by atoms with Gasteiger partial charge in [-0.3, -0.25) is 0 Å². The molecule has 0 saturated carbocycles. The van der Waals surface area contributed by atoms with Crippen LogP contribution >= 0.6 is 11.6 Å². The molecule has 2 aromatic rings. The zero-order valence-electron chi connectivity index (χ0n) is 13.0. The number of nitrogens with one attached hydrogen (secondary N) is 1. The van der Waals surface area contributed by atoms with Crippen molar-refractivity contribution < 1.29 is 4.74 Å². The smallest absolute Gasteiger partial charge is 0.125 e. The van der Waals surface area contributed by atoms with Crippen LogP contribution in [0.4, 0.5) is 5.69 Å². The Hall–Kier alpha value is -1.67. The van der Waals surface area contributed by atoms with Crippen LogP contribution in [0.25, 0.3) is 0 Å². The third-order valence-electron chi connectivity index (χ3n) is 3.49. The SMILES string of the molecule is COc1cccc(Cl)c1CNc1ccccc1C(C)(C)C. The minimum Gasteiger partial charge on any atom is -0.496 e. The molecule has 0 unspecified atom stereocenters. The van der Waals surface area contributed by atoms with E-state index in [1.54, 1.807) is 7.11 Å². The first-order chi connectivity index (χ1) is 9.93. The molecule has 0 aromatic heterocycles.